The van der Waals surface area contributed by atoms with Gasteiger partial charge in [0.15, 0.2) is 10.7 Å². The molecule has 3 N–H and O–H groups in total. The molecule has 1 saturated carbocycles. The number of nitrogens with one attached hydrogen (secondary N) is 3. The maximum absolute atomic E-state index is 14.1. The highest BCUT2D eigenvalue weighted by molar-refractivity contribution is 7.90. The summed E-state index contributed by atoms with van der Waals surface area (Å²) in [6.07, 6.45) is 9.61. The van der Waals surface area contributed by atoms with E-state index < -0.39 is 37.6 Å². The van der Waals surface area contributed by atoms with E-state index in [-0.39, 0.29) is 40.9 Å². The fraction of sp³-hybridized carbons (Fsp3) is 0.375. The van der Waals surface area contributed by atoms with E-state index in [1.807, 2.05) is 18.2 Å². The minimum Gasteiger partial charge on any atom is -0.474 e. The second kappa shape index (κ2) is 17.6. The number of rotatable bonds is 12. The second-order valence-electron chi connectivity index (χ2n) is 18.1. The lowest BCUT2D eigenvalue weighted by Gasteiger charge is -2.57. The number of aromatic nitrogens is 4. The van der Waals surface area contributed by atoms with E-state index in [9.17, 15) is 23.3 Å². The van der Waals surface area contributed by atoms with Gasteiger partial charge in [0.1, 0.15) is 23.8 Å². The Morgan fingerprint density at radius 1 is 1.02 bits per heavy atom. The molecule has 342 valence electrons. The van der Waals surface area contributed by atoms with Crippen molar-refractivity contribution in [2.24, 2.45) is 5.41 Å². The fourth-order valence-electron chi connectivity index (χ4n) is 10.1. The standard InChI is InChI=1S/C48H51N9O8S/c1-30(2)37-8-3-4-9-38(37)41-29-63-20-19-56(41)35-25-48(26-35)13-17-55(18-14-48)34-10-11-39(42(23-34)65-36-21-31-12-16-50-45(31)51-27-36)46(58)54-66(61,62)43-24-40(57(59)60)44-47(53-43)64-28-33(52-44)22-32-7-5-6-15-49-32/h3-12,15-16,21,23-24,27,30,33,35,41,52H,13-14,17-20,22,25-26,28-29H2,1-2H3,(H,50,51)(H,54,58)/t33-,41+/m0/s1. The average Bonchev–Trinajstić information content (AvgIpc) is 3.79. The molecule has 17 nitrogen and oxygen atoms in total. The van der Waals surface area contributed by atoms with Gasteiger partial charge in [-0.05, 0) is 84.5 Å². The number of amides is 1. The topological polar surface area (TPSA) is 207 Å². The number of aromatic amines is 1. The Kier molecular flexibility index (Phi) is 11.6. The summed E-state index contributed by atoms with van der Waals surface area (Å²) in [6.45, 7) is 8.51. The number of sulfonamides is 1. The number of pyridine rings is 3. The molecule has 3 aliphatic heterocycles. The van der Waals surface area contributed by atoms with Crippen LogP contribution in [0, 0.1) is 15.5 Å². The molecule has 6 aromatic rings. The Bertz CT molecular complexity index is 2900. The second-order valence-corrected chi connectivity index (χ2v) is 19.7. The summed E-state index contributed by atoms with van der Waals surface area (Å²) in [4.78, 5) is 46.5. The van der Waals surface area contributed by atoms with Gasteiger partial charge in [-0.3, -0.25) is 24.8 Å². The first kappa shape index (κ1) is 43.3. The number of nitrogens with zero attached hydrogens (tertiary/aromatic N) is 6. The molecule has 2 atom stereocenters. The van der Waals surface area contributed by atoms with Gasteiger partial charge in [0.2, 0.25) is 5.88 Å². The van der Waals surface area contributed by atoms with E-state index >= 15 is 0 Å². The van der Waals surface area contributed by atoms with Crippen LogP contribution in [-0.4, -0.2) is 95.6 Å². The Morgan fingerprint density at radius 2 is 1.83 bits per heavy atom. The van der Waals surface area contributed by atoms with Crippen LogP contribution in [0.4, 0.5) is 17.1 Å². The number of benzene rings is 2. The molecule has 7 heterocycles. The van der Waals surface area contributed by atoms with Gasteiger partial charge in [-0.2, -0.15) is 13.4 Å². The smallest absolute Gasteiger partial charge is 0.300 e. The third-order valence-electron chi connectivity index (χ3n) is 13.5. The van der Waals surface area contributed by atoms with Gasteiger partial charge in [-0.1, -0.05) is 44.2 Å². The Morgan fingerprint density at radius 3 is 2.62 bits per heavy atom. The third-order valence-corrected chi connectivity index (χ3v) is 14.8. The van der Waals surface area contributed by atoms with Crippen LogP contribution in [0.2, 0.25) is 0 Å². The van der Waals surface area contributed by atoms with E-state index in [0.29, 0.717) is 36.4 Å². The number of piperidine rings is 1. The van der Waals surface area contributed by atoms with Gasteiger partial charge in [-0.15, -0.1) is 0 Å². The van der Waals surface area contributed by atoms with Gasteiger partial charge >= 0.3 is 5.69 Å². The SMILES string of the molecule is CC(C)c1ccccc1[C@H]1COCCN1C1CC2(CCN(c3ccc(C(=O)NS(=O)(=O)c4cc([N+](=O)[O-])c5c(n4)OC[C@H](Cc4ccccn4)N5)c(Oc4cnc5[nH]ccc5c4)c3)CC2)C1. The highest BCUT2D eigenvalue weighted by Gasteiger charge is 2.50. The summed E-state index contributed by atoms with van der Waals surface area (Å²) in [5.74, 6) is -0.409. The zero-order chi connectivity index (χ0) is 45.6. The van der Waals surface area contributed by atoms with Crippen molar-refractivity contribution < 1.29 is 32.3 Å². The molecular formula is C48H51N9O8S. The van der Waals surface area contributed by atoms with Crippen molar-refractivity contribution in [1.82, 2.24) is 29.6 Å². The minimum absolute atomic E-state index is 0.0431. The van der Waals surface area contributed by atoms with Crippen molar-refractivity contribution in [2.75, 3.05) is 49.7 Å². The number of hydrogen-bond acceptors (Lipinski definition) is 14. The Labute approximate surface area is 382 Å². The normalized spacial score (nSPS) is 19.7. The van der Waals surface area contributed by atoms with Crippen LogP contribution in [-0.2, 0) is 21.2 Å². The first-order chi connectivity index (χ1) is 31.9. The lowest BCUT2D eigenvalue weighted by atomic mass is 9.59. The van der Waals surface area contributed by atoms with Gasteiger partial charge < -0.3 is 29.4 Å². The number of anilines is 2. The molecule has 4 aromatic heterocycles. The van der Waals surface area contributed by atoms with E-state index in [2.05, 4.69) is 77.9 Å². The van der Waals surface area contributed by atoms with Gasteiger partial charge in [0.25, 0.3) is 15.9 Å². The number of morpholine rings is 1. The summed E-state index contributed by atoms with van der Waals surface area (Å²) in [7, 11) is -4.77. The zero-order valence-corrected chi connectivity index (χ0v) is 37.5. The van der Waals surface area contributed by atoms with Crippen LogP contribution >= 0.6 is 0 Å². The highest BCUT2D eigenvalue weighted by atomic mass is 32.2. The molecular weight excluding hydrogens is 863 g/mol. The maximum atomic E-state index is 14.1. The lowest BCUT2D eigenvalue weighted by molar-refractivity contribution is -0.384. The zero-order valence-electron chi connectivity index (χ0n) is 36.7. The molecule has 0 radical (unpaired) electrons. The molecule has 4 aliphatic rings. The summed E-state index contributed by atoms with van der Waals surface area (Å²) < 4.78 is 48.0. The van der Waals surface area contributed by atoms with Crippen LogP contribution in [0.1, 0.15) is 78.7 Å². The van der Waals surface area contributed by atoms with Gasteiger partial charge in [0.05, 0.1) is 48.0 Å². The average molecular weight is 914 g/mol. The maximum Gasteiger partial charge on any atom is 0.300 e. The predicted octanol–water partition coefficient (Wildman–Crippen LogP) is 7.53. The van der Waals surface area contributed by atoms with E-state index in [4.69, 9.17) is 14.2 Å². The Balaban J connectivity index is 0.860. The highest BCUT2D eigenvalue weighted by Crippen LogP contribution is 2.53. The monoisotopic (exact) mass is 913 g/mol. The number of ether oxygens (including phenoxy) is 3. The largest absolute Gasteiger partial charge is 0.474 e. The van der Waals surface area contributed by atoms with Crippen LogP contribution < -0.4 is 24.4 Å². The summed E-state index contributed by atoms with van der Waals surface area (Å²) in [5, 5.41) is 15.4. The molecule has 10 rings (SSSR count). The molecule has 66 heavy (non-hydrogen) atoms. The quantitative estimate of drug-likeness (QED) is 0.0802. The summed E-state index contributed by atoms with van der Waals surface area (Å²) >= 11 is 0. The number of hydrogen-bond donors (Lipinski definition) is 3. The number of nitro groups is 1. The Hall–Kier alpha value is -6.63. The molecule has 2 aromatic carbocycles. The molecule has 0 bridgehead atoms. The molecule has 18 heteroatoms. The number of H-pyrrole nitrogens is 1. The van der Waals surface area contributed by atoms with Crippen molar-refractivity contribution in [2.45, 2.75) is 75.0 Å². The first-order valence-corrected chi connectivity index (χ1v) is 23.9. The van der Waals surface area contributed by atoms with E-state index in [1.54, 1.807) is 36.7 Å². The third kappa shape index (κ3) is 8.63. The molecule has 1 amide bonds. The molecule has 1 spiro atoms. The fourth-order valence-corrected chi connectivity index (χ4v) is 11.0. The molecule has 3 fully saturated rings. The van der Waals surface area contributed by atoms with Crippen molar-refractivity contribution in [3.8, 4) is 17.4 Å². The first-order valence-electron chi connectivity index (χ1n) is 22.4. The van der Waals surface area contributed by atoms with Crippen molar-refractivity contribution in [3.05, 3.63) is 130 Å². The van der Waals surface area contributed by atoms with Gasteiger partial charge in [-0.25, -0.2) is 9.71 Å². The number of fused-ring (bicyclic) bond motifs is 2. The number of carbonyl (C=O) groups is 1. The van der Waals surface area contributed by atoms with Crippen LogP contribution in [0.25, 0.3) is 11.0 Å². The molecule has 0 unspecified atom stereocenters. The lowest BCUT2D eigenvalue weighted by Crippen LogP contribution is -2.58. The van der Waals surface area contributed by atoms with E-state index in [1.165, 1.54) is 23.4 Å². The predicted molar refractivity (Wildman–Crippen MR) is 247 cm³/mol. The molecule has 1 aliphatic carbocycles. The van der Waals surface area contributed by atoms with Gasteiger partial charge in [0, 0.05) is 67.3 Å². The molecule has 2 saturated heterocycles. The van der Waals surface area contributed by atoms with Crippen molar-refractivity contribution >= 4 is 44.0 Å². The van der Waals surface area contributed by atoms with Crippen molar-refractivity contribution in [1.29, 1.82) is 0 Å². The van der Waals surface area contributed by atoms with E-state index in [0.717, 1.165) is 74.8 Å². The van der Waals surface area contributed by atoms with Crippen LogP contribution in [0.15, 0.2) is 102 Å². The van der Waals surface area contributed by atoms with Crippen molar-refractivity contribution in [3.63, 3.8) is 0 Å². The minimum atomic E-state index is -4.77. The summed E-state index contributed by atoms with van der Waals surface area (Å²) in [6, 6.07) is 24.1. The number of carbonyl (C=O) groups excluding carboxylic acids is 1. The van der Waals surface area contributed by atoms with Crippen LogP contribution in [0.5, 0.6) is 17.4 Å². The summed E-state index contributed by atoms with van der Waals surface area (Å²) in [5.41, 5.74) is 4.50. The van der Waals surface area contributed by atoms with Crippen LogP contribution in [0.3, 0.4) is 0 Å².